The predicted octanol–water partition coefficient (Wildman–Crippen LogP) is 4.09. The number of hydrogen-bond acceptors (Lipinski definition) is 2. The molecule has 0 atom stereocenters. The molecule has 0 saturated heterocycles. The first kappa shape index (κ1) is 16.1. The molecule has 2 rings (SSSR count). The minimum Gasteiger partial charge on any atom is -0.482 e. The molecular formula is C16H21ClFNO2. The van der Waals surface area contributed by atoms with Crippen LogP contribution in [0.3, 0.4) is 0 Å². The molecule has 1 saturated carbocycles. The van der Waals surface area contributed by atoms with Crippen LogP contribution in [0.2, 0.25) is 5.02 Å². The lowest BCUT2D eigenvalue weighted by Gasteiger charge is -2.21. The lowest BCUT2D eigenvalue weighted by Crippen LogP contribution is -2.38. The molecule has 1 amide bonds. The van der Waals surface area contributed by atoms with E-state index in [1.54, 1.807) is 0 Å². The molecule has 1 N–H and O–H groups in total. The zero-order valence-electron chi connectivity index (χ0n) is 12.0. The van der Waals surface area contributed by atoms with Crippen molar-refractivity contribution in [2.45, 2.75) is 51.0 Å². The van der Waals surface area contributed by atoms with E-state index in [-0.39, 0.29) is 23.6 Å². The molecule has 0 aromatic heterocycles. The average molecular weight is 314 g/mol. The van der Waals surface area contributed by atoms with Crippen LogP contribution in [0.1, 0.15) is 44.9 Å². The third-order valence-corrected chi connectivity index (χ3v) is 4.02. The molecule has 0 spiro atoms. The van der Waals surface area contributed by atoms with E-state index in [4.69, 9.17) is 16.3 Å². The van der Waals surface area contributed by atoms with Gasteiger partial charge in [0.05, 0.1) is 5.02 Å². The second-order valence-electron chi connectivity index (χ2n) is 5.47. The average Bonchev–Trinajstić information content (AvgIpc) is 2.41. The number of halogens is 2. The lowest BCUT2D eigenvalue weighted by atomic mass is 9.97. The van der Waals surface area contributed by atoms with Gasteiger partial charge in [-0.25, -0.2) is 4.39 Å². The van der Waals surface area contributed by atoms with E-state index in [9.17, 15) is 9.18 Å². The smallest absolute Gasteiger partial charge is 0.258 e. The van der Waals surface area contributed by atoms with Crippen LogP contribution < -0.4 is 10.1 Å². The highest BCUT2D eigenvalue weighted by molar-refractivity contribution is 6.32. The Labute approximate surface area is 129 Å². The van der Waals surface area contributed by atoms with Gasteiger partial charge in [-0.3, -0.25) is 4.79 Å². The molecular weight excluding hydrogens is 293 g/mol. The maximum atomic E-state index is 12.9. The number of carbonyl (C=O) groups is 1. The summed E-state index contributed by atoms with van der Waals surface area (Å²) in [5.41, 5.74) is 0. The number of carbonyl (C=O) groups excluding carboxylic acids is 1. The monoisotopic (exact) mass is 313 g/mol. The largest absolute Gasteiger partial charge is 0.482 e. The molecule has 1 aromatic carbocycles. The first-order valence-corrected chi connectivity index (χ1v) is 7.90. The van der Waals surface area contributed by atoms with Crippen LogP contribution in [0.5, 0.6) is 5.75 Å². The van der Waals surface area contributed by atoms with Gasteiger partial charge in [-0.2, -0.15) is 0 Å². The lowest BCUT2D eigenvalue weighted by molar-refractivity contribution is -0.123. The van der Waals surface area contributed by atoms with Crippen LogP contribution in [-0.2, 0) is 4.79 Å². The van der Waals surface area contributed by atoms with Crippen molar-refractivity contribution in [3.63, 3.8) is 0 Å². The zero-order chi connectivity index (χ0) is 15.1. The van der Waals surface area contributed by atoms with E-state index < -0.39 is 5.82 Å². The van der Waals surface area contributed by atoms with Gasteiger partial charge in [-0.05, 0) is 31.0 Å². The highest BCUT2D eigenvalue weighted by Gasteiger charge is 2.14. The summed E-state index contributed by atoms with van der Waals surface area (Å²) in [5.74, 6) is -0.252. The van der Waals surface area contributed by atoms with E-state index in [0.29, 0.717) is 5.75 Å². The van der Waals surface area contributed by atoms with Crippen molar-refractivity contribution in [2.24, 2.45) is 0 Å². The van der Waals surface area contributed by atoms with E-state index in [2.05, 4.69) is 5.32 Å². The molecule has 0 bridgehead atoms. The van der Waals surface area contributed by atoms with Gasteiger partial charge in [0.15, 0.2) is 6.61 Å². The maximum Gasteiger partial charge on any atom is 0.258 e. The van der Waals surface area contributed by atoms with E-state index in [1.807, 2.05) is 0 Å². The fourth-order valence-electron chi connectivity index (χ4n) is 2.61. The van der Waals surface area contributed by atoms with Crippen LogP contribution >= 0.6 is 11.6 Å². The van der Waals surface area contributed by atoms with Crippen molar-refractivity contribution < 1.29 is 13.9 Å². The highest BCUT2D eigenvalue weighted by atomic mass is 35.5. The Bertz CT molecular complexity index is 473. The summed E-state index contributed by atoms with van der Waals surface area (Å²) in [6, 6.07) is 4.10. The van der Waals surface area contributed by atoms with Gasteiger partial charge < -0.3 is 10.1 Å². The van der Waals surface area contributed by atoms with Gasteiger partial charge in [0.25, 0.3) is 5.91 Å². The van der Waals surface area contributed by atoms with E-state index in [1.165, 1.54) is 37.5 Å². The first-order chi connectivity index (χ1) is 10.1. The van der Waals surface area contributed by atoms with Gasteiger partial charge >= 0.3 is 0 Å². The summed E-state index contributed by atoms with van der Waals surface area (Å²) in [6.07, 6.45) is 8.17. The molecule has 1 aromatic rings. The molecule has 116 valence electrons. The summed E-state index contributed by atoms with van der Waals surface area (Å²) in [4.78, 5) is 11.9. The Kier molecular flexibility index (Phi) is 6.30. The van der Waals surface area contributed by atoms with Crippen molar-refractivity contribution >= 4 is 17.5 Å². The van der Waals surface area contributed by atoms with Crippen molar-refractivity contribution in [1.29, 1.82) is 0 Å². The minimum atomic E-state index is -0.425. The molecule has 1 aliphatic carbocycles. The van der Waals surface area contributed by atoms with Gasteiger partial charge in [-0.1, -0.05) is 43.7 Å². The third-order valence-electron chi connectivity index (χ3n) is 3.72. The number of hydrogen-bond donors (Lipinski definition) is 1. The first-order valence-electron chi connectivity index (χ1n) is 7.52. The van der Waals surface area contributed by atoms with E-state index in [0.717, 1.165) is 25.7 Å². The van der Waals surface area contributed by atoms with Crippen molar-refractivity contribution in [2.75, 3.05) is 6.61 Å². The molecule has 21 heavy (non-hydrogen) atoms. The number of nitrogens with one attached hydrogen (secondary N) is 1. The number of ether oxygens (including phenoxy) is 1. The van der Waals surface area contributed by atoms with Crippen molar-refractivity contribution in [3.05, 3.63) is 29.0 Å². The summed E-state index contributed by atoms with van der Waals surface area (Å²) in [6.45, 7) is -0.0954. The second-order valence-corrected chi connectivity index (χ2v) is 5.88. The minimum absolute atomic E-state index is 0.0954. The molecule has 0 unspecified atom stereocenters. The van der Waals surface area contributed by atoms with Crippen molar-refractivity contribution in [1.82, 2.24) is 5.32 Å². The maximum absolute atomic E-state index is 12.9. The fraction of sp³-hybridized carbons (Fsp3) is 0.562. The van der Waals surface area contributed by atoms with Crippen LogP contribution in [0.4, 0.5) is 4.39 Å². The summed E-state index contributed by atoms with van der Waals surface area (Å²) in [5, 5.41) is 3.18. The topological polar surface area (TPSA) is 38.3 Å². The summed E-state index contributed by atoms with van der Waals surface area (Å²) >= 11 is 5.85. The fourth-order valence-corrected chi connectivity index (χ4v) is 2.83. The standard InChI is InChI=1S/C16H21ClFNO2/c17-14-10-12(18)8-9-15(14)21-11-16(20)19-13-6-4-2-1-3-5-7-13/h8-10,13H,1-7,11H2,(H,19,20). The summed E-state index contributed by atoms with van der Waals surface area (Å²) < 4.78 is 18.2. The van der Waals surface area contributed by atoms with Crippen molar-refractivity contribution in [3.8, 4) is 5.75 Å². The van der Waals surface area contributed by atoms with Gasteiger partial charge in [0, 0.05) is 6.04 Å². The van der Waals surface area contributed by atoms with Gasteiger partial charge in [0.2, 0.25) is 0 Å². The molecule has 1 aliphatic rings. The van der Waals surface area contributed by atoms with E-state index >= 15 is 0 Å². The number of amides is 1. The molecule has 3 nitrogen and oxygen atoms in total. The number of benzene rings is 1. The number of rotatable bonds is 4. The predicted molar refractivity (Wildman–Crippen MR) is 81.2 cm³/mol. The zero-order valence-corrected chi connectivity index (χ0v) is 12.8. The van der Waals surface area contributed by atoms with Crippen LogP contribution in [0, 0.1) is 5.82 Å². The molecule has 0 radical (unpaired) electrons. The molecule has 5 heteroatoms. The third kappa shape index (κ3) is 5.54. The van der Waals surface area contributed by atoms with Gasteiger partial charge in [-0.15, -0.1) is 0 Å². The Balaban J connectivity index is 1.78. The second kappa shape index (κ2) is 8.23. The Morgan fingerprint density at radius 1 is 1.24 bits per heavy atom. The quantitative estimate of drug-likeness (QED) is 0.909. The normalized spacial score (nSPS) is 16.9. The van der Waals surface area contributed by atoms with Gasteiger partial charge in [0.1, 0.15) is 11.6 Å². The Morgan fingerprint density at radius 2 is 1.90 bits per heavy atom. The molecule has 1 fully saturated rings. The van der Waals surface area contributed by atoms with Crippen LogP contribution in [0.25, 0.3) is 0 Å². The highest BCUT2D eigenvalue weighted by Crippen LogP contribution is 2.24. The SMILES string of the molecule is O=C(COc1ccc(F)cc1Cl)NC1CCCCCCC1. The summed E-state index contributed by atoms with van der Waals surface area (Å²) in [7, 11) is 0. The Hall–Kier alpha value is -1.29. The van der Waals surface area contributed by atoms with Crippen LogP contribution in [-0.4, -0.2) is 18.6 Å². The molecule has 0 heterocycles. The Morgan fingerprint density at radius 3 is 2.57 bits per heavy atom. The molecule has 0 aliphatic heterocycles. The van der Waals surface area contributed by atoms with Crippen LogP contribution in [0.15, 0.2) is 18.2 Å².